The maximum Gasteiger partial charge on any atom is 4.00 e. The normalized spacial score (nSPS) is 8.19. The molecule has 0 heterocycles. The first-order valence-corrected chi connectivity index (χ1v) is 12.1. The summed E-state index contributed by atoms with van der Waals surface area (Å²) in [6.45, 7) is 7.90. The third-order valence-corrected chi connectivity index (χ3v) is 5.86. The van der Waals surface area contributed by atoms with Gasteiger partial charge in [0.1, 0.15) is 0 Å². The molecule has 0 saturated carbocycles. The average Bonchev–Trinajstić information content (AvgIpc) is 2.96. The molecule has 0 aliphatic carbocycles. The average molecular weight is 808 g/mol. The number of benzene rings is 4. The van der Waals surface area contributed by atoms with Crippen molar-refractivity contribution in [2.75, 3.05) is 22.9 Å². The largest absolute Gasteiger partial charge is 4.00 e. The van der Waals surface area contributed by atoms with Gasteiger partial charge in [0, 0.05) is 61.8 Å². The first kappa shape index (κ1) is 50.5. The molecular weight excluding hydrogens is 776 g/mol. The standard InChI is InChI=1S/2C15H16N3.6ClH.Sn/c2*1-2-18(12-13-6-4-3-5-7-13)15-10-8-14(17-16)9-11-15;;;;;;;/h2*3-11H,2,12H2,1H3;6*1H;/q2*+1;;;;;;;+4/p-6. The Labute approximate surface area is 309 Å². The summed E-state index contributed by atoms with van der Waals surface area (Å²) < 4.78 is 0. The fraction of sp³-hybridized carbons (Fsp3) is 0.200. The predicted octanol–water partition coefficient (Wildman–Crippen LogP) is -9.96. The van der Waals surface area contributed by atoms with E-state index < -0.39 is 0 Å². The third kappa shape index (κ3) is 17.1. The molecule has 0 unspecified atom stereocenters. The van der Waals surface area contributed by atoms with Crippen molar-refractivity contribution in [3.8, 4) is 0 Å². The first-order chi connectivity index (χ1) is 17.7. The van der Waals surface area contributed by atoms with Crippen LogP contribution < -0.4 is 84.2 Å². The summed E-state index contributed by atoms with van der Waals surface area (Å²) in [5.74, 6) is 0. The second kappa shape index (κ2) is 28.6. The summed E-state index contributed by atoms with van der Waals surface area (Å²) >= 11 is 0. The van der Waals surface area contributed by atoms with E-state index in [4.69, 9.17) is 10.8 Å². The molecule has 4 rings (SSSR count). The van der Waals surface area contributed by atoms with Gasteiger partial charge in [0.25, 0.3) is 0 Å². The maximum absolute atomic E-state index is 8.67. The van der Waals surface area contributed by atoms with E-state index in [2.05, 4.69) is 82.1 Å². The molecule has 0 atom stereocenters. The molecule has 0 radical (unpaired) electrons. The zero-order chi connectivity index (χ0) is 25.6. The Morgan fingerprint density at radius 2 is 0.744 bits per heavy atom. The minimum absolute atomic E-state index is 0. The van der Waals surface area contributed by atoms with Crippen LogP contribution in [0, 0.1) is 10.8 Å². The fourth-order valence-corrected chi connectivity index (χ4v) is 3.84. The van der Waals surface area contributed by atoms with E-state index in [1.165, 1.54) is 11.1 Å². The molecule has 6 nitrogen and oxygen atoms in total. The van der Waals surface area contributed by atoms with Crippen molar-refractivity contribution in [3.63, 3.8) is 0 Å². The van der Waals surface area contributed by atoms with Gasteiger partial charge in [0.2, 0.25) is 10.8 Å². The Morgan fingerprint density at radius 1 is 0.465 bits per heavy atom. The van der Waals surface area contributed by atoms with Crippen molar-refractivity contribution in [2.45, 2.75) is 26.9 Å². The Balaban J connectivity index is -0.000000193. The van der Waals surface area contributed by atoms with Crippen LogP contribution in [0.1, 0.15) is 25.0 Å². The molecular formula is C30H32Cl6N6Sn. The molecule has 43 heavy (non-hydrogen) atoms. The zero-order valence-electron chi connectivity index (χ0n) is 23.7. The van der Waals surface area contributed by atoms with Gasteiger partial charge in [-0.3, -0.25) is 0 Å². The number of nitrogens with zero attached hydrogens (tertiary/aromatic N) is 6. The molecule has 4 aromatic carbocycles. The van der Waals surface area contributed by atoms with Crippen LogP contribution in [0.5, 0.6) is 0 Å². The molecule has 0 amide bonds. The molecule has 0 aliphatic rings. The Bertz CT molecular complexity index is 1190. The van der Waals surface area contributed by atoms with Crippen LogP contribution in [0.2, 0.25) is 0 Å². The van der Waals surface area contributed by atoms with Crippen LogP contribution in [0.4, 0.5) is 22.7 Å². The number of anilines is 2. The molecule has 228 valence electrons. The molecule has 4 aromatic rings. The summed E-state index contributed by atoms with van der Waals surface area (Å²) in [7, 11) is 0. The quantitative estimate of drug-likeness (QED) is 0.131. The van der Waals surface area contributed by atoms with Crippen molar-refractivity contribution in [2.24, 2.45) is 0 Å². The van der Waals surface area contributed by atoms with E-state index in [1.807, 2.05) is 60.7 Å². The number of diazo groups is 2. The van der Waals surface area contributed by atoms with Gasteiger partial charge in [0.05, 0.1) is 0 Å². The summed E-state index contributed by atoms with van der Waals surface area (Å²) in [6.07, 6.45) is 0. The van der Waals surface area contributed by atoms with Crippen molar-refractivity contribution in [1.82, 2.24) is 0 Å². The SMILES string of the molecule is CCN(Cc1ccccc1)c1ccc([N+]#N)cc1.CCN(Cc1ccccc1)c1ccc([N+]#N)cc1.[Cl-].[Cl-].[Cl-].[Cl-].[Cl-].[Cl-].[Sn+4]. The van der Waals surface area contributed by atoms with Crippen molar-refractivity contribution >= 4 is 46.7 Å². The molecule has 13 heteroatoms. The van der Waals surface area contributed by atoms with Gasteiger partial charge >= 0.3 is 35.3 Å². The van der Waals surface area contributed by atoms with Gasteiger partial charge in [-0.1, -0.05) is 60.7 Å². The molecule has 0 N–H and O–H groups in total. The minimum atomic E-state index is 0. The number of hydrogen-bond acceptors (Lipinski definition) is 4. The smallest absolute Gasteiger partial charge is 1.00 e. The van der Waals surface area contributed by atoms with Gasteiger partial charge in [0.15, 0.2) is 9.95 Å². The van der Waals surface area contributed by atoms with Crippen molar-refractivity contribution < 1.29 is 74.4 Å². The van der Waals surface area contributed by atoms with Crippen molar-refractivity contribution in [3.05, 3.63) is 130 Å². The molecule has 0 saturated heterocycles. The third-order valence-electron chi connectivity index (χ3n) is 5.86. The van der Waals surface area contributed by atoms with Crippen LogP contribution in [0.25, 0.3) is 9.95 Å². The van der Waals surface area contributed by atoms with E-state index >= 15 is 0 Å². The first-order valence-electron chi connectivity index (χ1n) is 12.1. The summed E-state index contributed by atoms with van der Waals surface area (Å²) in [6, 6.07) is 35.9. The Morgan fingerprint density at radius 3 is 0.977 bits per heavy atom. The molecule has 0 aliphatic heterocycles. The van der Waals surface area contributed by atoms with E-state index in [0.29, 0.717) is 11.4 Å². The van der Waals surface area contributed by atoms with Crippen LogP contribution in [0.3, 0.4) is 0 Å². The predicted molar refractivity (Wildman–Crippen MR) is 154 cm³/mol. The number of hydrogen-bond donors (Lipinski definition) is 0. The van der Waals surface area contributed by atoms with Crippen LogP contribution in [0.15, 0.2) is 109 Å². The molecule has 0 fully saturated rings. The van der Waals surface area contributed by atoms with Gasteiger partial charge in [-0.15, -0.1) is 0 Å². The number of rotatable bonds is 8. The van der Waals surface area contributed by atoms with E-state index in [1.54, 1.807) is 0 Å². The van der Waals surface area contributed by atoms with Gasteiger partial charge in [-0.2, -0.15) is 0 Å². The summed E-state index contributed by atoms with van der Waals surface area (Å²) in [5.41, 5.74) is 6.00. The Hall–Kier alpha value is -2.14. The van der Waals surface area contributed by atoms with E-state index in [9.17, 15) is 0 Å². The second-order valence-electron chi connectivity index (χ2n) is 8.23. The Kier molecular flexibility index (Phi) is 33.6. The van der Waals surface area contributed by atoms with Gasteiger partial charge < -0.3 is 84.2 Å². The number of halogens is 6. The molecule has 0 spiro atoms. The van der Waals surface area contributed by atoms with Gasteiger partial charge in [-0.05, 0) is 49.2 Å². The van der Waals surface area contributed by atoms with Crippen LogP contribution in [-0.4, -0.2) is 37.0 Å². The second-order valence-corrected chi connectivity index (χ2v) is 8.23. The van der Waals surface area contributed by atoms with Crippen LogP contribution >= 0.6 is 0 Å². The maximum atomic E-state index is 8.67. The van der Waals surface area contributed by atoms with E-state index in [-0.39, 0.29) is 98.3 Å². The fourth-order valence-electron chi connectivity index (χ4n) is 3.84. The molecule has 0 bridgehead atoms. The summed E-state index contributed by atoms with van der Waals surface area (Å²) in [5, 5.41) is 17.3. The van der Waals surface area contributed by atoms with Gasteiger partial charge in [-0.25, -0.2) is 0 Å². The zero-order valence-corrected chi connectivity index (χ0v) is 31.1. The van der Waals surface area contributed by atoms with Crippen LogP contribution in [-0.2, 0) is 13.1 Å². The minimum Gasteiger partial charge on any atom is -1.00 e. The van der Waals surface area contributed by atoms with Crippen molar-refractivity contribution in [1.29, 1.82) is 10.8 Å². The summed E-state index contributed by atoms with van der Waals surface area (Å²) in [4.78, 5) is 10.9. The topological polar surface area (TPSA) is 62.8 Å². The monoisotopic (exact) mass is 806 g/mol. The molecule has 0 aromatic heterocycles. The van der Waals surface area contributed by atoms with E-state index in [0.717, 1.165) is 37.6 Å².